The van der Waals surface area contributed by atoms with Gasteiger partial charge in [-0.25, -0.2) is 0 Å². The van der Waals surface area contributed by atoms with E-state index in [1.165, 1.54) is 0 Å². The average Bonchev–Trinajstić information content (AvgIpc) is 3.16. The van der Waals surface area contributed by atoms with Gasteiger partial charge in [0.25, 0.3) is 0 Å². The predicted octanol–water partition coefficient (Wildman–Crippen LogP) is 5.27. The minimum absolute atomic E-state index is 0.0917. The van der Waals surface area contributed by atoms with Gasteiger partial charge in [-0.15, -0.1) is 11.3 Å². The quantitative estimate of drug-likeness (QED) is 0.585. The molecule has 1 aromatic heterocycles. The number of thiophene rings is 1. The van der Waals surface area contributed by atoms with Crippen molar-refractivity contribution in [3.8, 4) is 11.5 Å². The van der Waals surface area contributed by atoms with Crippen LogP contribution >= 0.6 is 11.3 Å². The van der Waals surface area contributed by atoms with Crippen LogP contribution in [0, 0.1) is 0 Å². The molecule has 4 nitrogen and oxygen atoms in total. The molecule has 0 saturated carbocycles. The maximum Gasteiger partial charge on any atom is 0.119 e. The Hall–Kier alpha value is -1.98. The molecule has 2 unspecified atom stereocenters. The lowest BCUT2D eigenvalue weighted by Crippen LogP contribution is -2.25. The highest BCUT2D eigenvalue weighted by atomic mass is 32.1. The Bertz CT molecular complexity index is 637. The molecule has 1 heterocycles. The first-order chi connectivity index (χ1) is 12.1. The van der Waals surface area contributed by atoms with Crippen LogP contribution in [-0.4, -0.2) is 18.8 Å². The van der Waals surface area contributed by atoms with Crippen molar-refractivity contribution in [3.05, 3.63) is 52.7 Å². The van der Waals surface area contributed by atoms with E-state index in [-0.39, 0.29) is 12.2 Å². The number of hydrogen-bond donors (Lipinski definition) is 1. The molecule has 0 aliphatic rings. The van der Waals surface area contributed by atoms with Crippen LogP contribution in [-0.2, 0) is 4.84 Å². The van der Waals surface area contributed by atoms with Crippen molar-refractivity contribution >= 4 is 17.0 Å². The van der Waals surface area contributed by atoms with Crippen LogP contribution in [0.25, 0.3) is 5.70 Å². The van der Waals surface area contributed by atoms with Gasteiger partial charge >= 0.3 is 0 Å². The lowest BCUT2D eigenvalue weighted by Gasteiger charge is -2.17. The largest absolute Gasteiger partial charge is 0.491 e. The van der Waals surface area contributed by atoms with E-state index in [9.17, 15) is 0 Å². The first-order valence-electron chi connectivity index (χ1n) is 8.63. The molecular formula is C20H27NO3S. The van der Waals surface area contributed by atoms with Gasteiger partial charge in [0.05, 0.1) is 16.7 Å². The van der Waals surface area contributed by atoms with E-state index in [0.29, 0.717) is 6.61 Å². The fraction of sp³-hybridized carbons (Fsp3) is 0.400. The first-order valence-corrected chi connectivity index (χ1v) is 9.51. The third kappa shape index (κ3) is 6.44. The Balaban J connectivity index is 1.75. The molecule has 0 amide bonds. The normalized spacial score (nSPS) is 14.0. The molecule has 2 rings (SSSR count). The molecule has 0 radical (unpaired) electrons. The van der Waals surface area contributed by atoms with Gasteiger partial charge in [0, 0.05) is 0 Å². The number of ether oxygens (including phenoxy) is 2. The number of hydroxylamine groups is 1. The van der Waals surface area contributed by atoms with E-state index >= 15 is 0 Å². The van der Waals surface area contributed by atoms with Gasteiger partial charge in [0.1, 0.15) is 24.2 Å². The Morgan fingerprint density at radius 2 is 1.84 bits per heavy atom. The lowest BCUT2D eigenvalue weighted by molar-refractivity contribution is -0.00945. The van der Waals surface area contributed by atoms with Crippen molar-refractivity contribution in [1.82, 2.24) is 5.48 Å². The monoisotopic (exact) mass is 361 g/mol. The van der Waals surface area contributed by atoms with Gasteiger partial charge in [-0.1, -0.05) is 19.1 Å². The van der Waals surface area contributed by atoms with Crippen LogP contribution in [0.15, 0.2) is 47.9 Å². The van der Waals surface area contributed by atoms with E-state index in [2.05, 4.69) is 25.4 Å². The van der Waals surface area contributed by atoms with Crippen LogP contribution < -0.4 is 15.0 Å². The summed E-state index contributed by atoms with van der Waals surface area (Å²) in [5.74, 6) is 1.66. The van der Waals surface area contributed by atoms with Crippen molar-refractivity contribution in [2.45, 2.75) is 46.3 Å². The Morgan fingerprint density at radius 1 is 1.12 bits per heavy atom. The molecule has 0 spiro atoms. The number of rotatable bonds is 10. The summed E-state index contributed by atoms with van der Waals surface area (Å²) < 4.78 is 11.5. The highest BCUT2D eigenvalue weighted by Crippen LogP contribution is 2.20. The van der Waals surface area contributed by atoms with Crippen LogP contribution in [0.1, 0.15) is 39.0 Å². The van der Waals surface area contributed by atoms with Gasteiger partial charge in [0.15, 0.2) is 0 Å². The SMILES string of the molecule is CC=C(NOC(C)COc1ccc(OC(C)CC)cc1)c1cccs1. The van der Waals surface area contributed by atoms with Crippen LogP contribution in [0.3, 0.4) is 0 Å². The average molecular weight is 362 g/mol. The van der Waals surface area contributed by atoms with Crippen LogP contribution in [0.4, 0.5) is 0 Å². The van der Waals surface area contributed by atoms with E-state index in [0.717, 1.165) is 28.5 Å². The van der Waals surface area contributed by atoms with Crippen molar-refractivity contribution < 1.29 is 14.3 Å². The van der Waals surface area contributed by atoms with Gasteiger partial charge in [-0.3, -0.25) is 10.3 Å². The molecule has 25 heavy (non-hydrogen) atoms. The summed E-state index contributed by atoms with van der Waals surface area (Å²) in [6.45, 7) is 8.57. The van der Waals surface area contributed by atoms with E-state index < -0.39 is 0 Å². The second-order valence-corrected chi connectivity index (χ2v) is 6.78. The molecule has 2 aromatic rings. The van der Waals surface area contributed by atoms with Crippen LogP contribution in [0.2, 0.25) is 0 Å². The molecule has 5 heteroatoms. The standard InChI is InChI=1S/C20H27NO3S/c1-5-15(3)23-18-11-9-17(10-12-18)22-14-16(4)24-21-19(6-2)20-8-7-13-25-20/h6-13,15-16,21H,5,14H2,1-4H3. The molecule has 0 saturated heterocycles. The number of benzene rings is 1. The number of hydrogen-bond acceptors (Lipinski definition) is 5. The van der Waals surface area contributed by atoms with E-state index in [4.69, 9.17) is 14.3 Å². The summed E-state index contributed by atoms with van der Waals surface area (Å²) in [5, 5.41) is 2.04. The lowest BCUT2D eigenvalue weighted by atomic mass is 10.3. The molecular weight excluding hydrogens is 334 g/mol. The van der Waals surface area contributed by atoms with Gasteiger partial charge in [-0.2, -0.15) is 0 Å². The summed E-state index contributed by atoms with van der Waals surface area (Å²) in [7, 11) is 0. The fourth-order valence-electron chi connectivity index (χ4n) is 2.03. The third-order valence-corrected chi connectivity index (χ3v) is 4.57. The van der Waals surface area contributed by atoms with Crippen molar-refractivity contribution in [3.63, 3.8) is 0 Å². The predicted molar refractivity (Wildman–Crippen MR) is 104 cm³/mol. The molecule has 0 aliphatic carbocycles. The van der Waals surface area contributed by atoms with Gasteiger partial charge < -0.3 is 9.47 Å². The topological polar surface area (TPSA) is 39.7 Å². The molecule has 2 atom stereocenters. The summed E-state index contributed by atoms with van der Waals surface area (Å²) in [5.41, 5.74) is 3.98. The summed E-state index contributed by atoms with van der Waals surface area (Å²) in [6.07, 6.45) is 3.11. The Kier molecular flexibility index (Phi) is 7.82. The zero-order valence-corrected chi connectivity index (χ0v) is 16.1. The second kappa shape index (κ2) is 10.1. The minimum atomic E-state index is -0.0917. The maximum atomic E-state index is 5.77. The summed E-state index contributed by atoms with van der Waals surface area (Å²) in [6, 6.07) is 11.8. The maximum absolute atomic E-state index is 5.77. The zero-order valence-electron chi connectivity index (χ0n) is 15.3. The second-order valence-electron chi connectivity index (χ2n) is 5.83. The van der Waals surface area contributed by atoms with Gasteiger partial charge in [-0.05, 0) is 62.9 Å². The highest BCUT2D eigenvalue weighted by Gasteiger charge is 2.08. The molecule has 0 bridgehead atoms. The van der Waals surface area contributed by atoms with Crippen LogP contribution in [0.5, 0.6) is 11.5 Å². The third-order valence-electron chi connectivity index (χ3n) is 3.67. The molecule has 1 aromatic carbocycles. The van der Waals surface area contributed by atoms with Crippen molar-refractivity contribution in [1.29, 1.82) is 0 Å². The molecule has 0 fully saturated rings. The first kappa shape index (κ1) is 19.3. The number of allylic oxidation sites excluding steroid dienone is 1. The Morgan fingerprint density at radius 3 is 2.44 bits per heavy atom. The van der Waals surface area contributed by atoms with E-state index in [1.54, 1.807) is 11.3 Å². The minimum Gasteiger partial charge on any atom is -0.491 e. The van der Waals surface area contributed by atoms with Crippen molar-refractivity contribution in [2.75, 3.05) is 6.61 Å². The van der Waals surface area contributed by atoms with Gasteiger partial charge in [0.2, 0.25) is 0 Å². The zero-order chi connectivity index (χ0) is 18.1. The highest BCUT2D eigenvalue weighted by molar-refractivity contribution is 7.11. The van der Waals surface area contributed by atoms with E-state index in [1.807, 2.05) is 55.6 Å². The smallest absolute Gasteiger partial charge is 0.119 e. The molecule has 1 N–H and O–H groups in total. The Labute approximate surface area is 154 Å². The van der Waals surface area contributed by atoms with Crippen molar-refractivity contribution in [2.24, 2.45) is 0 Å². The fourth-order valence-corrected chi connectivity index (χ4v) is 2.77. The molecule has 136 valence electrons. The molecule has 0 aliphatic heterocycles. The number of nitrogens with one attached hydrogen (secondary N) is 1. The summed E-state index contributed by atoms with van der Waals surface area (Å²) >= 11 is 1.67. The summed E-state index contributed by atoms with van der Waals surface area (Å²) in [4.78, 5) is 6.82.